The number of aromatic nitrogens is 3. The van der Waals surface area contributed by atoms with Crippen molar-refractivity contribution in [1.29, 1.82) is 0 Å². The van der Waals surface area contributed by atoms with Gasteiger partial charge in [-0.25, -0.2) is 4.98 Å². The first kappa shape index (κ1) is 14.6. The van der Waals surface area contributed by atoms with Crippen molar-refractivity contribution in [3.05, 3.63) is 52.0 Å². The highest BCUT2D eigenvalue weighted by Crippen LogP contribution is 2.19. The number of hydrogen-bond acceptors (Lipinski definition) is 3. The lowest BCUT2D eigenvalue weighted by Gasteiger charge is -2.08. The highest BCUT2D eigenvalue weighted by atomic mass is 35.5. The quantitative estimate of drug-likeness (QED) is 0.853. The third kappa shape index (κ3) is 4.08. The van der Waals surface area contributed by atoms with Gasteiger partial charge in [-0.15, -0.1) is 0 Å². The first-order chi connectivity index (χ1) is 9.54. The molecule has 1 amide bonds. The zero-order valence-electron chi connectivity index (χ0n) is 10.6. The molecular formula is C13H12Cl2N4O. The molecule has 0 fully saturated rings. The van der Waals surface area contributed by atoms with Gasteiger partial charge in [-0.3, -0.25) is 9.89 Å². The third-order valence-corrected chi connectivity index (χ3v) is 2.95. The van der Waals surface area contributed by atoms with Crippen LogP contribution in [0.15, 0.2) is 30.6 Å². The number of benzene rings is 1. The van der Waals surface area contributed by atoms with Gasteiger partial charge in [-0.05, 0) is 36.8 Å². The van der Waals surface area contributed by atoms with E-state index in [0.29, 0.717) is 15.9 Å². The molecule has 2 aromatic rings. The molecule has 0 saturated heterocycles. The number of amides is 1. The van der Waals surface area contributed by atoms with Crippen molar-refractivity contribution in [1.82, 2.24) is 20.5 Å². The summed E-state index contributed by atoms with van der Waals surface area (Å²) in [5.74, 6) is 0.350. The van der Waals surface area contributed by atoms with Gasteiger partial charge in [0.05, 0.1) is 6.04 Å². The van der Waals surface area contributed by atoms with Gasteiger partial charge in [0.25, 0.3) is 0 Å². The molecule has 1 unspecified atom stereocenters. The van der Waals surface area contributed by atoms with Crippen LogP contribution in [0.1, 0.15) is 24.4 Å². The molecule has 2 N–H and O–H groups in total. The van der Waals surface area contributed by atoms with Gasteiger partial charge in [0, 0.05) is 16.1 Å². The number of carbonyl (C=O) groups excluding carboxylic acids is 1. The van der Waals surface area contributed by atoms with Crippen molar-refractivity contribution >= 4 is 35.2 Å². The molecule has 7 heteroatoms. The Labute approximate surface area is 126 Å². The molecule has 0 aliphatic rings. The van der Waals surface area contributed by atoms with Gasteiger partial charge in [0.15, 0.2) is 0 Å². The van der Waals surface area contributed by atoms with E-state index in [1.54, 1.807) is 24.3 Å². The van der Waals surface area contributed by atoms with Crippen molar-refractivity contribution in [3.8, 4) is 0 Å². The van der Waals surface area contributed by atoms with E-state index in [9.17, 15) is 4.79 Å². The van der Waals surface area contributed by atoms with E-state index in [4.69, 9.17) is 23.2 Å². The molecule has 1 aromatic heterocycles. The van der Waals surface area contributed by atoms with Crippen LogP contribution in [-0.2, 0) is 4.79 Å². The van der Waals surface area contributed by atoms with E-state index in [1.807, 2.05) is 6.92 Å². The first-order valence-electron chi connectivity index (χ1n) is 5.84. The Morgan fingerprint density at radius 2 is 2.05 bits per heavy atom. The summed E-state index contributed by atoms with van der Waals surface area (Å²) in [6.45, 7) is 1.81. The van der Waals surface area contributed by atoms with E-state index in [-0.39, 0.29) is 11.9 Å². The molecule has 104 valence electrons. The second-order valence-corrected chi connectivity index (χ2v) is 5.01. The third-order valence-electron chi connectivity index (χ3n) is 2.51. The van der Waals surface area contributed by atoms with Crippen LogP contribution in [0.2, 0.25) is 10.0 Å². The lowest BCUT2D eigenvalue weighted by Crippen LogP contribution is -2.25. The molecular weight excluding hydrogens is 299 g/mol. The SMILES string of the molecule is CC(NC(=O)/C=C/c1cc(Cl)cc(Cl)c1)c1ncn[nH]1. The van der Waals surface area contributed by atoms with E-state index in [0.717, 1.165) is 5.56 Å². The molecule has 0 radical (unpaired) electrons. The highest BCUT2D eigenvalue weighted by Gasteiger charge is 2.09. The predicted molar refractivity (Wildman–Crippen MR) is 78.4 cm³/mol. The number of nitrogens with zero attached hydrogens (tertiary/aromatic N) is 2. The Morgan fingerprint density at radius 1 is 1.35 bits per heavy atom. The number of carbonyl (C=O) groups is 1. The molecule has 0 aliphatic heterocycles. The molecule has 0 spiro atoms. The second kappa shape index (κ2) is 6.54. The zero-order chi connectivity index (χ0) is 14.5. The number of nitrogens with one attached hydrogen (secondary N) is 2. The molecule has 5 nitrogen and oxygen atoms in total. The summed E-state index contributed by atoms with van der Waals surface area (Å²) in [6, 6.07) is 4.82. The maximum Gasteiger partial charge on any atom is 0.244 e. The molecule has 1 aromatic carbocycles. The molecule has 20 heavy (non-hydrogen) atoms. The van der Waals surface area contributed by atoms with Crippen LogP contribution in [0.25, 0.3) is 6.08 Å². The largest absolute Gasteiger partial charge is 0.343 e. The van der Waals surface area contributed by atoms with Gasteiger partial charge in [0.2, 0.25) is 5.91 Å². The maximum atomic E-state index is 11.8. The summed E-state index contributed by atoms with van der Waals surface area (Å²) in [6.07, 6.45) is 4.44. The Hall–Kier alpha value is -1.85. The number of hydrogen-bond donors (Lipinski definition) is 2. The lowest BCUT2D eigenvalue weighted by molar-refractivity contribution is -0.117. The molecule has 0 saturated carbocycles. The normalized spacial score (nSPS) is 12.6. The highest BCUT2D eigenvalue weighted by molar-refractivity contribution is 6.34. The van der Waals surface area contributed by atoms with Crippen LogP contribution in [-0.4, -0.2) is 21.1 Å². The van der Waals surface area contributed by atoms with Crippen LogP contribution in [0.5, 0.6) is 0 Å². The number of aromatic amines is 1. The van der Waals surface area contributed by atoms with Crippen molar-refractivity contribution < 1.29 is 4.79 Å². The molecule has 0 bridgehead atoms. The molecule has 0 aliphatic carbocycles. The van der Waals surface area contributed by atoms with Gasteiger partial charge in [-0.2, -0.15) is 5.10 Å². The number of halogens is 2. The van der Waals surface area contributed by atoms with E-state index in [2.05, 4.69) is 20.5 Å². The Kier molecular flexibility index (Phi) is 4.76. The second-order valence-electron chi connectivity index (χ2n) is 4.14. The Bertz CT molecular complexity index is 605. The van der Waals surface area contributed by atoms with Crippen LogP contribution in [0.4, 0.5) is 0 Å². The Balaban J connectivity index is 1.98. The summed E-state index contributed by atoms with van der Waals surface area (Å²) >= 11 is 11.8. The lowest BCUT2D eigenvalue weighted by atomic mass is 10.2. The summed E-state index contributed by atoms with van der Waals surface area (Å²) < 4.78 is 0. The topological polar surface area (TPSA) is 70.7 Å². The van der Waals surface area contributed by atoms with E-state index >= 15 is 0 Å². The van der Waals surface area contributed by atoms with Crippen LogP contribution in [0, 0.1) is 0 Å². The summed E-state index contributed by atoms with van der Waals surface area (Å²) in [4.78, 5) is 15.7. The van der Waals surface area contributed by atoms with Gasteiger partial charge < -0.3 is 5.32 Å². The van der Waals surface area contributed by atoms with Gasteiger partial charge in [0.1, 0.15) is 12.2 Å². The molecule has 2 rings (SSSR count). The van der Waals surface area contributed by atoms with Gasteiger partial charge in [-0.1, -0.05) is 23.2 Å². The minimum Gasteiger partial charge on any atom is -0.343 e. The van der Waals surface area contributed by atoms with Crippen molar-refractivity contribution in [2.45, 2.75) is 13.0 Å². The fourth-order valence-electron chi connectivity index (χ4n) is 1.60. The molecule has 1 heterocycles. The minimum atomic E-state index is -0.252. The Morgan fingerprint density at radius 3 is 2.65 bits per heavy atom. The smallest absolute Gasteiger partial charge is 0.244 e. The van der Waals surface area contributed by atoms with Crippen LogP contribution in [0.3, 0.4) is 0 Å². The fourth-order valence-corrected chi connectivity index (χ4v) is 2.14. The average Bonchev–Trinajstić information content (AvgIpc) is 2.89. The predicted octanol–water partition coefficient (Wildman–Crippen LogP) is 3.00. The van der Waals surface area contributed by atoms with Crippen molar-refractivity contribution in [3.63, 3.8) is 0 Å². The maximum absolute atomic E-state index is 11.8. The zero-order valence-corrected chi connectivity index (χ0v) is 12.1. The van der Waals surface area contributed by atoms with Gasteiger partial charge >= 0.3 is 0 Å². The number of H-pyrrole nitrogens is 1. The number of rotatable bonds is 4. The summed E-state index contributed by atoms with van der Waals surface area (Å²) in [5, 5.41) is 10.2. The van der Waals surface area contributed by atoms with E-state index in [1.165, 1.54) is 12.4 Å². The standard InChI is InChI=1S/C13H12Cl2N4O/c1-8(13-16-7-17-19-13)18-12(20)3-2-9-4-10(14)6-11(15)5-9/h2-8H,1H3,(H,18,20)(H,16,17,19)/b3-2+. The van der Waals surface area contributed by atoms with E-state index < -0.39 is 0 Å². The molecule has 1 atom stereocenters. The average molecular weight is 311 g/mol. The monoisotopic (exact) mass is 310 g/mol. The summed E-state index contributed by atoms with van der Waals surface area (Å²) in [5.41, 5.74) is 0.755. The van der Waals surface area contributed by atoms with Crippen molar-refractivity contribution in [2.24, 2.45) is 0 Å². The van der Waals surface area contributed by atoms with Crippen LogP contribution < -0.4 is 5.32 Å². The fraction of sp³-hybridized carbons (Fsp3) is 0.154. The van der Waals surface area contributed by atoms with Crippen LogP contribution >= 0.6 is 23.2 Å². The first-order valence-corrected chi connectivity index (χ1v) is 6.60. The summed E-state index contributed by atoms with van der Waals surface area (Å²) in [7, 11) is 0. The van der Waals surface area contributed by atoms with Crippen molar-refractivity contribution in [2.75, 3.05) is 0 Å². The minimum absolute atomic E-state index is 0.245.